The zero-order valence-corrected chi connectivity index (χ0v) is 24.1. The van der Waals surface area contributed by atoms with Gasteiger partial charge in [0.25, 0.3) is 10.0 Å². The average Bonchev–Trinajstić information content (AvgIpc) is 2.95. The third-order valence-electron chi connectivity index (χ3n) is 6.41. The fourth-order valence-electron chi connectivity index (χ4n) is 4.30. The lowest BCUT2D eigenvalue weighted by Gasteiger charge is -2.33. The van der Waals surface area contributed by atoms with Crippen molar-refractivity contribution in [2.24, 2.45) is 0 Å². The van der Waals surface area contributed by atoms with E-state index in [9.17, 15) is 22.4 Å². The summed E-state index contributed by atoms with van der Waals surface area (Å²) in [6, 6.07) is 17.4. The van der Waals surface area contributed by atoms with Gasteiger partial charge in [0.1, 0.15) is 24.2 Å². The Hall–Kier alpha value is -3.92. The van der Waals surface area contributed by atoms with Crippen molar-refractivity contribution in [3.63, 3.8) is 0 Å². The van der Waals surface area contributed by atoms with E-state index in [1.54, 1.807) is 6.92 Å². The Balaban J connectivity index is 2.04. The van der Waals surface area contributed by atoms with Crippen LogP contribution in [0.2, 0.25) is 0 Å². The summed E-state index contributed by atoms with van der Waals surface area (Å²) in [6.07, 6.45) is 1.06. The Morgan fingerprint density at radius 3 is 2.25 bits per heavy atom. The van der Waals surface area contributed by atoms with Gasteiger partial charge in [-0.1, -0.05) is 43.7 Å². The van der Waals surface area contributed by atoms with Crippen LogP contribution in [0.1, 0.15) is 37.8 Å². The summed E-state index contributed by atoms with van der Waals surface area (Å²) < 4.78 is 47.5. The molecule has 1 atom stereocenters. The summed E-state index contributed by atoms with van der Waals surface area (Å²) in [6.45, 7) is 5.63. The van der Waals surface area contributed by atoms with E-state index < -0.39 is 34.3 Å². The highest BCUT2D eigenvalue weighted by Gasteiger charge is 2.33. The van der Waals surface area contributed by atoms with Crippen LogP contribution in [0, 0.1) is 12.7 Å². The molecule has 214 valence electrons. The molecule has 1 N–H and O–H groups in total. The fraction of sp³-hybridized carbons (Fsp3) is 0.333. The Bertz CT molecular complexity index is 1400. The molecule has 0 aliphatic rings. The molecular weight excluding hydrogens is 533 g/mol. The van der Waals surface area contributed by atoms with Crippen molar-refractivity contribution in [1.82, 2.24) is 10.2 Å². The molecule has 0 fully saturated rings. The summed E-state index contributed by atoms with van der Waals surface area (Å²) >= 11 is 0. The molecule has 0 heterocycles. The molecule has 0 saturated heterocycles. The third kappa shape index (κ3) is 7.59. The van der Waals surface area contributed by atoms with Gasteiger partial charge in [0.2, 0.25) is 11.8 Å². The van der Waals surface area contributed by atoms with Crippen molar-refractivity contribution in [3.8, 4) is 5.75 Å². The van der Waals surface area contributed by atoms with E-state index >= 15 is 0 Å². The van der Waals surface area contributed by atoms with Crippen LogP contribution < -0.4 is 14.4 Å². The van der Waals surface area contributed by atoms with Crippen molar-refractivity contribution in [3.05, 3.63) is 89.7 Å². The second-order valence-electron chi connectivity index (χ2n) is 9.39. The van der Waals surface area contributed by atoms with E-state index in [0.717, 1.165) is 34.0 Å². The van der Waals surface area contributed by atoms with Gasteiger partial charge in [0.15, 0.2) is 0 Å². The van der Waals surface area contributed by atoms with Gasteiger partial charge in [0.05, 0.1) is 17.7 Å². The first-order valence-corrected chi connectivity index (χ1v) is 14.6. The average molecular weight is 570 g/mol. The van der Waals surface area contributed by atoms with Gasteiger partial charge in [0, 0.05) is 13.1 Å². The van der Waals surface area contributed by atoms with Gasteiger partial charge in [-0.15, -0.1) is 0 Å². The van der Waals surface area contributed by atoms with Crippen molar-refractivity contribution >= 4 is 27.5 Å². The first-order chi connectivity index (χ1) is 19.1. The first-order valence-electron chi connectivity index (χ1n) is 13.2. The van der Waals surface area contributed by atoms with Gasteiger partial charge < -0.3 is 15.0 Å². The molecule has 3 rings (SSSR count). The minimum atomic E-state index is -4.26. The maximum Gasteiger partial charge on any atom is 0.264 e. The first kappa shape index (κ1) is 30.6. The monoisotopic (exact) mass is 569 g/mol. The van der Waals surface area contributed by atoms with Gasteiger partial charge >= 0.3 is 0 Å². The van der Waals surface area contributed by atoms with Crippen LogP contribution in [-0.4, -0.2) is 51.4 Å². The number of anilines is 1. The highest BCUT2D eigenvalue weighted by atomic mass is 32.2. The van der Waals surface area contributed by atoms with Crippen molar-refractivity contribution in [2.45, 2.75) is 51.1 Å². The predicted molar refractivity (Wildman–Crippen MR) is 153 cm³/mol. The molecule has 3 aromatic carbocycles. The highest BCUT2D eigenvalue weighted by molar-refractivity contribution is 7.92. The number of nitrogens with zero attached hydrogens (tertiary/aromatic N) is 2. The highest BCUT2D eigenvalue weighted by Crippen LogP contribution is 2.26. The number of rotatable bonds is 13. The number of benzene rings is 3. The minimum Gasteiger partial charge on any atom is -0.497 e. The second kappa shape index (κ2) is 13.9. The van der Waals surface area contributed by atoms with E-state index in [1.165, 1.54) is 48.4 Å². The zero-order valence-electron chi connectivity index (χ0n) is 23.3. The van der Waals surface area contributed by atoms with Crippen LogP contribution in [-0.2, 0) is 26.2 Å². The molecule has 40 heavy (non-hydrogen) atoms. The van der Waals surface area contributed by atoms with Gasteiger partial charge in [-0.3, -0.25) is 13.9 Å². The molecule has 0 aromatic heterocycles. The van der Waals surface area contributed by atoms with Crippen LogP contribution in [0.4, 0.5) is 10.1 Å². The topological polar surface area (TPSA) is 96.0 Å². The smallest absolute Gasteiger partial charge is 0.264 e. The van der Waals surface area contributed by atoms with E-state index in [4.69, 9.17) is 4.74 Å². The van der Waals surface area contributed by atoms with E-state index in [2.05, 4.69) is 5.32 Å². The molecule has 0 radical (unpaired) electrons. The summed E-state index contributed by atoms with van der Waals surface area (Å²) in [4.78, 5) is 28.5. The quantitative estimate of drug-likeness (QED) is 0.323. The Morgan fingerprint density at radius 2 is 1.68 bits per heavy atom. The summed E-state index contributed by atoms with van der Waals surface area (Å²) in [5, 5.41) is 2.86. The normalized spacial score (nSPS) is 11.9. The van der Waals surface area contributed by atoms with Crippen molar-refractivity contribution in [2.75, 3.05) is 24.5 Å². The van der Waals surface area contributed by atoms with Gasteiger partial charge in [-0.2, -0.15) is 0 Å². The lowest BCUT2D eigenvalue weighted by molar-refractivity contribution is -0.140. The Kier molecular flexibility index (Phi) is 10.7. The fourth-order valence-corrected chi connectivity index (χ4v) is 5.72. The number of halogens is 1. The van der Waals surface area contributed by atoms with Crippen LogP contribution in [0.3, 0.4) is 0 Å². The maximum absolute atomic E-state index is 14.0. The molecule has 0 saturated carbocycles. The molecule has 0 spiro atoms. The number of hydrogen-bond acceptors (Lipinski definition) is 5. The molecular formula is C30H36FN3O5S. The molecule has 10 heteroatoms. The molecule has 8 nitrogen and oxygen atoms in total. The standard InChI is InChI=1S/C30H36FN3O5S/c1-5-18-32-30(36)28(6-2)33(20-23-9-7-8-22(3)19-23)29(35)21-34(25-12-10-24(31)11-13-25)40(37,38)27-16-14-26(39-4)15-17-27/h7-17,19,28H,5-6,18,20-21H2,1-4H3,(H,32,36)/t28-/m0/s1. The number of aryl methyl sites for hydroxylation is 1. The number of hydrogen-bond donors (Lipinski definition) is 1. The number of ether oxygens (including phenoxy) is 1. The lowest BCUT2D eigenvalue weighted by Crippen LogP contribution is -2.52. The summed E-state index contributed by atoms with van der Waals surface area (Å²) in [7, 11) is -2.79. The number of sulfonamides is 1. The maximum atomic E-state index is 14.0. The molecule has 0 aliphatic heterocycles. The van der Waals surface area contributed by atoms with Crippen LogP contribution >= 0.6 is 0 Å². The third-order valence-corrected chi connectivity index (χ3v) is 8.20. The van der Waals surface area contributed by atoms with E-state index in [0.29, 0.717) is 18.7 Å². The van der Waals surface area contributed by atoms with E-state index in [-0.39, 0.29) is 23.0 Å². The number of carbonyl (C=O) groups is 2. The van der Waals surface area contributed by atoms with Crippen LogP contribution in [0.25, 0.3) is 0 Å². The Morgan fingerprint density at radius 1 is 1.00 bits per heavy atom. The van der Waals surface area contributed by atoms with E-state index in [1.807, 2.05) is 38.1 Å². The summed E-state index contributed by atoms with van der Waals surface area (Å²) in [5.41, 5.74) is 1.91. The molecule has 0 aliphatic carbocycles. The number of amides is 2. The second-order valence-corrected chi connectivity index (χ2v) is 11.3. The predicted octanol–water partition coefficient (Wildman–Crippen LogP) is 4.67. The molecule has 0 unspecified atom stereocenters. The van der Waals surface area contributed by atoms with Crippen LogP contribution in [0.15, 0.2) is 77.7 Å². The molecule has 0 bridgehead atoms. The zero-order chi connectivity index (χ0) is 29.3. The summed E-state index contributed by atoms with van der Waals surface area (Å²) in [5.74, 6) is -0.953. The minimum absolute atomic E-state index is 0.0663. The SMILES string of the molecule is CCCNC(=O)[C@H](CC)N(Cc1cccc(C)c1)C(=O)CN(c1ccc(F)cc1)S(=O)(=O)c1ccc(OC)cc1. The Labute approximate surface area is 235 Å². The van der Waals surface area contributed by atoms with Crippen molar-refractivity contribution in [1.29, 1.82) is 0 Å². The van der Waals surface area contributed by atoms with Gasteiger partial charge in [-0.05, 0) is 73.9 Å². The van der Waals surface area contributed by atoms with Crippen LogP contribution in [0.5, 0.6) is 5.75 Å². The number of nitrogens with one attached hydrogen (secondary N) is 1. The lowest BCUT2D eigenvalue weighted by atomic mass is 10.1. The molecule has 2 amide bonds. The number of methoxy groups -OCH3 is 1. The largest absolute Gasteiger partial charge is 0.497 e. The van der Waals surface area contributed by atoms with Gasteiger partial charge in [-0.25, -0.2) is 12.8 Å². The number of carbonyl (C=O) groups excluding carboxylic acids is 2. The van der Waals surface area contributed by atoms with Crippen molar-refractivity contribution < 1.29 is 27.1 Å². The molecule has 3 aromatic rings.